The Morgan fingerprint density at radius 2 is 2.28 bits per heavy atom. The van der Waals surface area contributed by atoms with Crippen LogP contribution in [0.15, 0.2) is 16.7 Å². The number of nitrogen functional groups attached to an aromatic ring is 1. The Balaban J connectivity index is 2.35. The highest BCUT2D eigenvalue weighted by atomic mass is 16.4. The molecule has 0 bridgehead atoms. The van der Waals surface area contributed by atoms with Gasteiger partial charge in [-0.1, -0.05) is 0 Å². The first kappa shape index (κ1) is 12.0. The molecule has 94 valence electrons. The zero-order chi connectivity index (χ0) is 13.1. The molecule has 0 atom stereocenters. The van der Waals surface area contributed by atoms with Crippen molar-refractivity contribution in [2.45, 2.75) is 13.8 Å². The molecule has 7 heteroatoms. The Labute approximate surface area is 103 Å². The molecule has 18 heavy (non-hydrogen) atoms. The fourth-order valence-electron chi connectivity index (χ4n) is 1.43. The molecular formula is C11H13N5O2. The molecule has 0 unspecified atom stereocenters. The van der Waals surface area contributed by atoms with Crippen LogP contribution in [0.2, 0.25) is 0 Å². The number of nitrogens with two attached hydrogens (primary N) is 1. The van der Waals surface area contributed by atoms with E-state index in [-0.39, 0.29) is 11.8 Å². The minimum atomic E-state index is -0.397. The number of carbonyl (C=O) groups is 1. The smallest absolute Gasteiger partial charge is 0.308 e. The van der Waals surface area contributed by atoms with E-state index >= 15 is 0 Å². The van der Waals surface area contributed by atoms with E-state index in [0.717, 1.165) is 0 Å². The summed E-state index contributed by atoms with van der Waals surface area (Å²) in [5.74, 6) is -0.243. The number of nitrogens with one attached hydrogen (secondary N) is 1. The molecule has 2 heterocycles. The van der Waals surface area contributed by atoms with E-state index in [1.165, 1.54) is 0 Å². The molecule has 7 nitrogen and oxygen atoms in total. The van der Waals surface area contributed by atoms with E-state index in [9.17, 15) is 4.79 Å². The summed E-state index contributed by atoms with van der Waals surface area (Å²) in [7, 11) is 0. The maximum Gasteiger partial charge on any atom is 0.308 e. The summed E-state index contributed by atoms with van der Waals surface area (Å²) in [5.41, 5.74) is 7.47. The lowest BCUT2D eigenvalue weighted by Gasteiger charge is -2.00. The van der Waals surface area contributed by atoms with Gasteiger partial charge in [0, 0.05) is 6.54 Å². The Kier molecular flexibility index (Phi) is 3.22. The van der Waals surface area contributed by atoms with Crippen LogP contribution in [0.4, 0.5) is 5.69 Å². The molecule has 0 radical (unpaired) electrons. The number of hydrogen-bond donors (Lipinski definition) is 2. The van der Waals surface area contributed by atoms with Crippen LogP contribution >= 0.6 is 0 Å². The van der Waals surface area contributed by atoms with Crippen LogP contribution in [0.1, 0.15) is 23.3 Å². The van der Waals surface area contributed by atoms with Crippen molar-refractivity contribution in [3.05, 3.63) is 23.8 Å². The number of aryl methyl sites for hydroxylation is 1. The number of pyridine rings is 1. The third-order valence-corrected chi connectivity index (χ3v) is 2.30. The van der Waals surface area contributed by atoms with Crippen LogP contribution in [0, 0.1) is 6.92 Å². The Hall–Kier alpha value is -2.44. The van der Waals surface area contributed by atoms with Crippen LogP contribution in [0.5, 0.6) is 0 Å². The largest absolute Gasteiger partial charge is 0.412 e. The molecular weight excluding hydrogens is 234 g/mol. The number of hydrogen-bond acceptors (Lipinski definition) is 6. The molecule has 2 aromatic rings. The standard InChI is InChI=1S/C11H13N5O2/c1-3-13-9(17)11-16-15-10(18-11)8-4-7(12)5-14-6(8)2/h4-5H,3,12H2,1-2H3,(H,13,17). The van der Waals surface area contributed by atoms with E-state index < -0.39 is 5.91 Å². The van der Waals surface area contributed by atoms with Crippen molar-refractivity contribution in [3.8, 4) is 11.5 Å². The maximum absolute atomic E-state index is 11.5. The molecule has 3 N–H and O–H groups in total. The minimum absolute atomic E-state index is 0.0753. The molecule has 0 aliphatic rings. The third kappa shape index (κ3) is 2.29. The third-order valence-electron chi connectivity index (χ3n) is 2.30. The number of nitrogens with zero attached hydrogens (tertiary/aromatic N) is 3. The van der Waals surface area contributed by atoms with Crippen LogP contribution < -0.4 is 11.1 Å². The van der Waals surface area contributed by atoms with Gasteiger partial charge in [0.1, 0.15) is 0 Å². The van der Waals surface area contributed by atoms with Gasteiger partial charge in [0.25, 0.3) is 0 Å². The van der Waals surface area contributed by atoms with Gasteiger partial charge >= 0.3 is 11.8 Å². The summed E-state index contributed by atoms with van der Waals surface area (Å²) in [6.45, 7) is 4.10. The lowest BCUT2D eigenvalue weighted by atomic mass is 10.2. The molecule has 0 spiro atoms. The highest BCUT2D eigenvalue weighted by Crippen LogP contribution is 2.22. The first-order chi connectivity index (χ1) is 8.61. The summed E-state index contributed by atoms with van der Waals surface area (Å²) in [4.78, 5) is 15.6. The van der Waals surface area contributed by atoms with E-state index in [1.807, 2.05) is 0 Å². The van der Waals surface area contributed by atoms with E-state index in [4.69, 9.17) is 10.2 Å². The first-order valence-electron chi connectivity index (χ1n) is 5.46. The Bertz CT molecular complexity index is 579. The zero-order valence-electron chi connectivity index (χ0n) is 10.1. The fourth-order valence-corrected chi connectivity index (χ4v) is 1.43. The van der Waals surface area contributed by atoms with Gasteiger partial charge in [0.05, 0.1) is 23.1 Å². The highest BCUT2D eigenvalue weighted by Gasteiger charge is 2.16. The number of amides is 1. The fraction of sp³-hybridized carbons (Fsp3) is 0.273. The van der Waals surface area contributed by atoms with E-state index in [1.54, 1.807) is 26.1 Å². The van der Waals surface area contributed by atoms with Crippen LogP contribution in [-0.2, 0) is 0 Å². The normalized spacial score (nSPS) is 10.3. The van der Waals surface area contributed by atoms with Crippen molar-refractivity contribution < 1.29 is 9.21 Å². The van der Waals surface area contributed by atoms with Crippen molar-refractivity contribution in [1.82, 2.24) is 20.5 Å². The van der Waals surface area contributed by atoms with Crippen LogP contribution in [-0.4, -0.2) is 27.6 Å². The topological polar surface area (TPSA) is 107 Å². The lowest BCUT2D eigenvalue weighted by molar-refractivity contribution is 0.0922. The molecule has 0 aromatic carbocycles. The summed E-state index contributed by atoms with van der Waals surface area (Å²) >= 11 is 0. The van der Waals surface area contributed by atoms with Crippen molar-refractivity contribution in [2.24, 2.45) is 0 Å². The van der Waals surface area contributed by atoms with Gasteiger partial charge in [0.15, 0.2) is 0 Å². The molecule has 0 saturated heterocycles. The number of aromatic nitrogens is 3. The highest BCUT2D eigenvalue weighted by molar-refractivity contribution is 5.89. The van der Waals surface area contributed by atoms with Gasteiger partial charge in [0.2, 0.25) is 5.89 Å². The molecule has 1 amide bonds. The van der Waals surface area contributed by atoms with Gasteiger partial charge in [-0.2, -0.15) is 0 Å². The van der Waals surface area contributed by atoms with Crippen LogP contribution in [0.25, 0.3) is 11.5 Å². The predicted molar refractivity (Wildman–Crippen MR) is 64.7 cm³/mol. The molecule has 2 aromatic heterocycles. The first-order valence-corrected chi connectivity index (χ1v) is 5.46. The summed E-state index contributed by atoms with van der Waals surface area (Å²) in [5, 5.41) is 10.1. The second-order valence-electron chi connectivity index (χ2n) is 3.67. The van der Waals surface area contributed by atoms with Gasteiger partial charge < -0.3 is 15.5 Å². The Morgan fingerprint density at radius 3 is 3.00 bits per heavy atom. The average Bonchev–Trinajstić information content (AvgIpc) is 2.82. The number of anilines is 1. The van der Waals surface area contributed by atoms with Crippen molar-refractivity contribution in [3.63, 3.8) is 0 Å². The number of carbonyl (C=O) groups excluding carboxylic acids is 1. The van der Waals surface area contributed by atoms with E-state index in [2.05, 4.69) is 20.5 Å². The SMILES string of the molecule is CCNC(=O)c1nnc(-c2cc(N)cnc2C)o1. The quantitative estimate of drug-likeness (QED) is 0.829. The van der Waals surface area contributed by atoms with Gasteiger partial charge in [-0.3, -0.25) is 9.78 Å². The average molecular weight is 247 g/mol. The monoisotopic (exact) mass is 247 g/mol. The van der Waals surface area contributed by atoms with Gasteiger partial charge in [-0.25, -0.2) is 0 Å². The summed E-state index contributed by atoms with van der Waals surface area (Å²) in [6, 6.07) is 1.68. The lowest BCUT2D eigenvalue weighted by Crippen LogP contribution is -2.22. The zero-order valence-corrected chi connectivity index (χ0v) is 10.1. The second-order valence-corrected chi connectivity index (χ2v) is 3.67. The number of rotatable bonds is 3. The molecule has 0 aliphatic heterocycles. The molecule has 0 aliphatic carbocycles. The van der Waals surface area contributed by atoms with E-state index in [0.29, 0.717) is 23.5 Å². The molecule has 0 fully saturated rings. The minimum Gasteiger partial charge on any atom is -0.412 e. The second kappa shape index (κ2) is 4.82. The molecule has 0 saturated carbocycles. The molecule has 2 rings (SSSR count). The van der Waals surface area contributed by atoms with Crippen molar-refractivity contribution in [1.29, 1.82) is 0 Å². The van der Waals surface area contributed by atoms with Gasteiger partial charge in [-0.15, -0.1) is 10.2 Å². The predicted octanol–water partition coefficient (Wildman–Crippen LogP) is 0.772. The summed E-state index contributed by atoms with van der Waals surface area (Å²) < 4.78 is 5.29. The van der Waals surface area contributed by atoms with Gasteiger partial charge in [-0.05, 0) is 19.9 Å². The van der Waals surface area contributed by atoms with Crippen molar-refractivity contribution >= 4 is 11.6 Å². The maximum atomic E-state index is 11.5. The van der Waals surface area contributed by atoms with Crippen LogP contribution in [0.3, 0.4) is 0 Å². The Morgan fingerprint density at radius 1 is 1.50 bits per heavy atom. The summed E-state index contributed by atoms with van der Waals surface area (Å²) in [6.07, 6.45) is 1.54. The van der Waals surface area contributed by atoms with Crippen molar-refractivity contribution in [2.75, 3.05) is 12.3 Å².